The van der Waals surface area contributed by atoms with Crippen LogP contribution in [0.3, 0.4) is 0 Å². The molecule has 1 atom stereocenters. The summed E-state index contributed by atoms with van der Waals surface area (Å²) in [5, 5.41) is 3.48. The molecule has 0 spiro atoms. The minimum Gasteiger partial charge on any atom is -0.354 e. The number of aromatic amines is 1. The Hall–Kier alpha value is -1.07. The fourth-order valence-electron chi connectivity index (χ4n) is 1.96. The van der Waals surface area contributed by atoms with Crippen LogP contribution in [0.2, 0.25) is 5.02 Å². The van der Waals surface area contributed by atoms with Crippen LogP contribution in [0, 0.1) is 0 Å². The highest BCUT2D eigenvalue weighted by Crippen LogP contribution is 2.21. The third kappa shape index (κ3) is 2.20. The lowest BCUT2D eigenvalue weighted by Crippen LogP contribution is -2.45. The average Bonchev–Trinajstić information content (AvgIpc) is 2.33. The number of likely N-dealkylation sites (N-methyl/N-ethyl adjacent to an activating group) is 1. The van der Waals surface area contributed by atoms with Crippen molar-refractivity contribution < 1.29 is 0 Å². The molecule has 2 heterocycles. The zero-order chi connectivity index (χ0) is 11.5. The molecule has 0 radical (unpaired) electrons. The molecule has 2 rings (SSSR count). The minimum atomic E-state index is -0.290. The molecule has 0 bridgehead atoms. The van der Waals surface area contributed by atoms with Gasteiger partial charge in [0.2, 0.25) is 0 Å². The zero-order valence-corrected chi connectivity index (χ0v) is 9.92. The second-order valence-corrected chi connectivity index (χ2v) is 4.36. The highest BCUT2D eigenvalue weighted by Gasteiger charge is 2.21. The van der Waals surface area contributed by atoms with Gasteiger partial charge in [-0.05, 0) is 19.4 Å². The van der Waals surface area contributed by atoms with Gasteiger partial charge in [-0.3, -0.25) is 4.79 Å². The van der Waals surface area contributed by atoms with Crippen molar-refractivity contribution in [3.05, 3.63) is 21.7 Å². The third-order valence-corrected chi connectivity index (χ3v) is 3.27. The Labute approximate surface area is 98.8 Å². The molecule has 0 amide bonds. The van der Waals surface area contributed by atoms with Gasteiger partial charge in [-0.1, -0.05) is 11.6 Å². The largest absolute Gasteiger partial charge is 0.354 e. The first-order chi connectivity index (χ1) is 7.70. The Morgan fingerprint density at radius 2 is 2.44 bits per heavy atom. The predicted molar refractivity (Wildman–Crippen MR) is 64.2 cm³/mol. The van der Waals surface area contributed by atoms with Gasteiger partial charge >= 0.3 is 0 Å². The van der Waals surface area contributed by atoms with Gasteiger partial charge in [-0.15, -0.1) is 0 Å². The number of hydrogen-bond donors (Lipinski definition) is 2. The van der Waals surface area contributed by atoms with E-state index < -0.39 is 0 Å². The second kappa shape index (κ2) is 4.84. The van der Waals surface area contributed by atoms with Gasteiger partial charge < -0.3 is 15.2 Å². The summed E-state index contributed by atoms with van der Waals surface area (Å²) in [6.45, 7) is 1.96. The summed E-state index contributed by atoms with van der Waals surface area (Å²) in [4.78, 5) is 19.9. The van der Waals surface area contributed by atoms with Crippen LogP contribution < -0.4 is 15.8 Å². The fraction of sp³-hybridized carbons (Fsp3) is 0.600. The Morgan fingerprint density at radius 3 is 3.12 bits per heavy atom. The van der Waals surface area contributed by atoms with E-state index in [9.17, 15) is 4.79 Å². The molecule has 6 heteroatoms. The summed E-state index contributed by atoms with van der Waals surface area (Å²) < 4.78 is 0. The maximum absolute atomic E-state index is 11.4. The number of H-pyrrole nitrogens is 1. The summed E-state index contributed by atoms with van der Waals surface area (Å²) >= 11 is 5.94. The molecule has 1 aliphatic rings. The molecule has 1 saturated heterocycles. The first kappa shape index (κ1) is 11.4. The van der Waals surface area contributed by atoms with Crippen LogP contribution in [0.25, 0.3) is 0 Å². The number of anilines is 1. The van der Waals surface area contributed by atoms with Crippen LogP contribution in [0.4, 0.5) is 5.82 Å². The van der Waals surface area contributed by atoms with Gasteiger partial charge in [-0.2, -0.15) is 0 Å². The van der Waals surface area contributed by atoms with E-state index in [4.69, 9.17) is 11.6 Å². The standard InChI is InChI=1S/C10H15ClN4O/c1-15(7-3-2-4-12-5-7)9-8(11)10(16)14-6-13-9/h6-7,12H,2-5H2,1H3,(H,13,14,16). The number of nitrogens with one attached hydrogen (secondary N) is 2. The lowest BCUT2D eigenvalue weighted by molar-refractivity contribution is 0.443. The zero-order valence-electron chi connectivity index (χ0n) is 9.16. The summed E-state index contributed by atoms with van der Waals surface area (Å²) in [5.74, 6) is 0.555. The summed E-state index contributed by atoms with van der Waals surface area (Å²) in [7, 11) is 1.92. The minimum absolute atomic E-state index is 0.163. The second-order valence-electron chi connectivity index (χ2n) is 3.98. The molecule has 0 aliphatic carbocycles. The van der Waals surface area contributed by atoms with E-state index in [1.807, 2.05) is 11.9 Å². The van der Waals surface area contributed by atoms with Gasteiger partial charge in [0.15, 0.2) is 5.82 Å². The molecule has 2 N–H and O–H groups in total. The maximum Gasteiger partial charge on any atom is 0.271 e. The van der Waals surface area contributed by atoms with Gasteiger partial charge in [-0.25, -0.2) is 4.98 Å². The normalized spacial score (nSPS) is 20.8. The van der Waals surface area contributed by atoms with Crippen molar-refractivity contribution in [1.29, 1.82) is 0 Å². The number of hydrogen-bond acceptors (Lipinski definition) is 4. The van der Waals surface area contributed by atoms with Crippen LogP contribution in [0.1, 0.15) is 12.8 Å². The smallest absolute Gasteiger partial charge is 0.271 e. The number of nitrogens with zero attached hydrogens (tertiary/aromatic N) is 2. The van der Waals surface area contributed by atoms with Crippen molar-refractivity contribution in [1.82, 2.24) is 15.3 Å². The number of halogens is 1. The topological polar surface area (TPSA) is 61.0 Å². The van der Waals surface area contributed by atoms with Crippen molar-refractivity contribution in [2.75, 3.05) is 25.0 Å². The molecular weight excluding hydrogens is 228 g/mol. The molecule has 16 heavy (non-hydrogen) atoms. The summed E-state index contributed by atoms with van der Waals surface area (Å²) in [6.07, 6.45) is 3.61. The van der Waals surface area contributed by atoms with Crippen LogP contribution >= 0.6 is 11.6 Å². The lowest BCUT2D eigenvalue weighted by atomic mass is 10.1. The lowest BCUT2D eigenvalue weighted by Gasteiger charge is -2.32. The van der Waals surface area contributed by atoms with E-state index in [0.29, 0.717) is 11.9 Å². The molecule has 0 saturated carbocycles. The van der Waals surface area contributed by atoms with E-state index in [2.05, 4.69) is 15.3 Å². The van der Waals surface area contributed by atoms with Crippen molar-refractivity contribution in [3.8, 4) is 0 Å². The van der Waals surface area contributed by atoms with Crippen molar-refractivity contribution in [2.24, 2.45) is 0 Å². The molecule has 88 valence electrons. The number of aromatic nitrogens is 2. The monoisotopic (exact) mass is 242 g/mol. The fourth-order valence-corrected chi connectivity index (χ4v) is 2.19. The van der Waals surface area contributed by atoms with Crippen LogP contribution in [0.15, 0.2) is 11.1 Å². The SMILES string of the molecule is CN(c1nc[nH]c(=O)c1Cl)C1CCCNC1. The quantitative estimate of drug-likeness (QED) is 0.798. The molecule has 1 aliphatic heterocycles. The molecule has 1 aromatic heterocycles. The molecule has 5 nitrogen and oxygen atoms in total. The van der Waals surface area contributed by atoms with E-state index >= 15 is 0 Å². The predicted octanol–water partition coefficient (Wildman–Crippen LogP) is 0.611. The number of rotatable bonds is 2. The highest BCUT2D eigenvalue weighted by atomic mass is 35.5. The van der Waals surface area contributed by atoms with Gasteiger partial charge in [0.05, 0.1) is 6.33 Å². The maximum atomic E-state index is 11.4. The average molecular weight is 243 g/mol. The van der Waals surface area contributed by atoms with Crippen molar-refractivity contribution in [3.63, 3.8) is 0 Å². The summed E-state index contributed by atoms with van der Waals surface area (Å²) in [5.41, 5.74) is -0.290. The molecule has 1 aromatic rings. The first-order valence-electron chi connectivity index (χ1n) is 5.37. The van der Waals surface area contributed by atoms with Crippen molar-refractivity contribution >= 4 is 17.4 Å². The molecule has 1 fully saturated rings. The van der Waals surface area contributed by atoms with Gasteiger partial charge in [0.1, 0.15) is 5.02 Å². The van der Waals surface area contributed by atoms with E-state index in [0.717, 1.165) is 25.9 Å². The number of piperidine rings is 1. The van der Waals surface area contributed by atoms with Gasteiger partial charge in [0, 0.05) is 19.6 Å². The van der Waals surface area contributed by atoms with Crippen LogP contribution in [0.5, 0.6) is 0 Å². The molecule has 0 aromatic carbocycles. The van der Waals surface area contributed by atoms with E-state index in [1.54, 1.807) is 0 Å². The van der Waals surface area contributed by atoms with E-state index in [-0.39, 0.29) is 10.6 Å². The van der Waals surface area contributed by atoms with E-state index in [1.165, 1.54) is 6.33 Å². The Bertz CT molecular complexity index is 414. The Kier molecular flexibility index (Phi) is 3.46. The van der Waals surface area contributed by atoms with Crippen molar-refractivity contribution in [2.45, 2.75) is 18.9 Å². The Morgan fingerprint density at radius 1 is 1.62 bits per heavy atom. The van der Waals surface area contributed by atoms with Gasteiger partial charge in [0.25, 0.3) is 5.56 Å². The Balaban J connectivity index is 2.22. The third-order valence-electron chi connectivity index (χ3n) is 2.93. The molecular formula is C10H15ClN4O. The molecule has 1 unspecified atom stereocenters. The van der Waals surface area contributed by atoms with Crippen LogP contribution in [-0.4, -0.2) is 36.1 Å². The highest BCUT2D eigenvalue weighted by molar-refractivity contribution is 6.32. The van der Waals surface area contributed by atoms with Crippen LogP contribution in [-0.2, 0) is 0 Å². The first-order valence-corrected chi connectivity index (χ1v) is 5.74. The summed E-state index contributed by atoms with van der Waals surface area (Å²) in [6, 6.07) is 0.348.